The Labute approximate surface area is 299 Å². The van der Waals surface area contributed by atoms with Crippen LogP contribution in [0.25, 0.3) is 11.1 Å². The predicted octanol–water partition coefficient (Wildman–Crippen LogP) is 12.2. The van der Waals surface area contributed by atoms with Gasteiger partial charge in [0, 0.05) is 5.69 Å². The van der Waals surface area contributed by atoms with Gasteiger partial charge in [-0.3, -0.25) is 0 Å². The fourth-order valence-corrected chi connectivity index (χ4v) is 9.24. The molecule has 0 radical (unpaired) electrons. The van der Waals surface area contributed by atoms with E-state index in [0.29, 0.717) is 0 Å². The van der Waals surface area contributed by atoms with Crippen LogP contribution in [0.15, 0.2) is 212 Å². The molecule has 8 aromatic carbocycles. The molecule has 0 N–H and O–H groups in total. The van der Waals surface area contributed by atoms with Gasteiger partial charge in [0.05, 0.1) is 22.2 Å². The Bertz CT molecular complexity index is 2430. The fraction of sp³-hybridized carbons (Fsp3) is 0.0400. The molecule has 0 atom stereocenters. The van der Waals surface area contributed by atoms with Gasteiger partial charge in [0.25, 0.3) is 0 Å². The number of fused-ring (bicyclic) bond motifs is 5. The Morgan fingerprint density at radius 3 is 1.22 bits per heavy atom. The Morgan fingerprint density at radius 1 is 0.275 bits per heavy atom. The van der Waals surface area contributed by atoms with E-state index in [1.54, 1.807) is 0 Å². The summed E-state index contributed by atoms with van der Waals surface area (Å²) in [6, 6.07) is 78.5. The maximum atomic E-state index is 2.54. The van der Waals surface area contributed by atoms with E-state index in [4.69, 9.17) is 0 Å². The van der Waals surface area contributed by atoms with Crippen molar-refractivity contribution in [1.82, 2.24) is 0 Å². The summed E-state index contributed by atoms with van der Waals surface area (Å²) in [4.78, 5) is 2.50. The molecule has 10 rings (SSSR count). The van der Waals surface area contributed by atoms with Gasteiger partial charge in [0.2, 0.25) is 0 Å². The number of anilines is 3. The fourth-order valence-electron chi connectivity index (χ4n) is 9.24. The third-order valence-electron chi connectivity index (χ3n) is 11.2. The summed E-state index contributed by atoms with van der Waals surface area (Å²) in [5, 5.41) is 0. The second kappa shape index (κ2) is 11.6. The number of para-hydroxylation sites is 2. The molecular weight excluding hydrogens is 615 g/mol. The van der Waals surface area contributed by atoms with Gasteiger partial charge in [-0.1, -0.05) is 182 Å². The van der Waals surface area contributed by atoms with Crippen molar-refractivity contribution < 1.29 is 0 Å². The lowest BCUT2D eigenvalue weighted by Crippen LogP contribution is -2.38. The van der Waals surface area contributed by atoms with Crippen molar-refractivity contribution in [2.24, 2.45) is 0 Å². The van der Waals surface area contributed by atoms with Gasteiger partial charge in [-0.2, -0.15) is 0 Å². The molecule has 0 spiro atoms. The van der Waals surface area contributed by atoms with Crippen molar-refractivity contribution in [3.05, 3.63) is 257 Å². The van der Waals surface area contributed by atoms with Crippen LogP contribution in [-0.4, -0.2) is 0 Å². The molecule has 8 aromatic rings. The second-order valence-electron chi connectivity index (χ2n) is 13.6. The van der Waals surface area contributed by atoms with Crippen molar-refractivity contribution in [1.29, 1.82) is 0 Å². The minimum atomic E-state index is -0.575. The first-order valence-electron chi connectivity index (χ1n) is 17.8. The lowest BCUT2D eigenvalue weighted by atomic mass is 9.61. The van der Waals surface area contributed by atoms with Crippen LogP contribution in [0.3, 0.4) is 0 Å². The zero-order chi connectivity index (χ0) is 33.8. The number of benzene rings is 8. The SMILES string of the molecule is c1ccc(N2c3ccccc3C(c3ccccc3)(c3ccccc3)c3cc4c(cc32)C(c2ccccc2)(c2ccccc2)c2ccccc2-4)cc1. The summed E-state index contributed by atoms with van der Waals surface area (Å²) < 4.78 is 0. The van der Waals surface area contributed by atoms with Gasteiger partial charge in [0.1, 0.15) is 0 Å². The molecule has 1 aliphatic carbocycles. The topological polar surface area (TPSA) is 3.24 Å². The Morgan fingerprint density at radius 2 is 0.686 bits per heavy atom. The van der Waals surface area contributed by atoms with E-state index in [9.17, 15) is 0 Å². The van der Waals surface area contributed by atoms with Crippen LogP contribution in [0.1, 0.15) is 44.5 Å². The lowest BCUT2D eigenvalue weighted by Gasteiger charge is -2.47. The van der Waals surface area contributed by atoms with Crippen molar-refractivity contribution in [3.8, 4) is 11.1 Å². The first-order chi connectivity index (χ1) is 25.3. The summed E-state index contributed by atoms with van der Waals surface area (Å²) in [6.45, 7) is 0. The van der Waals surface area contributed by atoms with Crippen LogP contribution < -0.4 is 4.90 Å². The number of nitrogens with zero attached hydrogens (tertiary/aromatic N) is 1. The van der Waals surface area contributed by atoms with Gasteiger partial charge < -0.3 is 4.90 Å². The number of hydrogen-bond acceptors (Lipinski definition) is 1. The smallest absolute Gasteiger partial charge is 0.0742 e. The largest absolute Gasteiger partial charge is 0.310 e. The van der Waals surface area contributed by atoms with E-state index in [2.05, 4.69) is 217 Å². The Kier molecular flexibility index (Phi) is 6.69. The first-order valence-corrected chi connectivity index (χ1v) is 17.8. The number of rotatable bonds is 5. The molecule has 0 saturated carbocycles. The average molecular weight is 650 g/mol. The molecule has 0 bridgehead atoms. The summed E-state index contributed by atoms with van der Waals surface area (Å²) in [6.07, 6.45) is 0. The molecular formula is C50H35N. The Balaban J connectivity index is 1.42. The maximum Gasteiger partial charge on any atom is 0.0742 e. The van der Waals surface area contributed by atoms with E-state index in [0.717, 1.165) is 5.69 Å². The van der Waals surface area contributed by atoms with Gasteiger partial charge in [-0.05, 0) is 86.0 Å². The third kappa shape index (κ3) is 4.09. The minimum absolute atomic E-state index is 0.509. The summed E-state index contributed by atoms with van der Waals surface area (Å²) in [5.41, 5.74) is 15.2. The highest BCUT2D eigenvalue weighted by Crippen LogP contribution is 2.63. The Hall–Kier alpha value is -6.44. The summed E-state index contributed by atoms with van der Waals surface area (Å²) >= 11 is 0. The quantitative estimate of drug-likeness (QED) is 0.179. The maximum absolute atomic E-state index is 2.54. The van der Waals surface area contributed by atoms with Crippen molar-refractivity contribution >= 4 is 17.1 Å². The van der Waals surface area contributed by atoms with E-state index in [1.165, 1.54) is 67.0 Å². The predicted molar refractivity (Wildman–Crippen MR) is 210 cm³/mol. The van der Waals surface area contributed by atoms with E-state index in [-0.39, 0.29) is 0 Å². The zero-order valence-electron chi connectivity index (χ0n) is 28.2. The van der Waals surface area contributed by atoms with Crippen molar-refractivity contribution in [3.63, 3.8) is 0 Å². The lowest BCUT2D eigenvalue weighted by molar-refractivity contribution is 0.726. The van der Waals surface area contributed by atoms with Crippen LogP contribution in [-0.2, 0) is 10.8 Å². The number of hydrogen-bond donors (Lipinski definition) is 0. The van der Waals surface area contributed by atoms with Crippen LogP contribution in [0, 0.1) is 0 Å². The third-order valence-corrected chi connectivity index (χ3v) is 11.2. The van der Waals surface area contributed by atoms with Crippen molar-refractivity contribution in [2.45, 2.75) is 10.8 Å². The average Bonchev–Trinajstić information content (AvgIpc) is 3.51. The van der Waals surface area contributed by atoms with E-state index >= 15 is 0 Å². The standard InChI is InChI=1S/C50H35N/c1-6-20-36(21-7-1)49(37-22-8-2-9-23-37)43-31-17-16-30-41(43)42-34-46-48(35-45(42)49)51(40-28-14-5-15-29-40)47-33-19-18-32-44(47)50(46,38-24-10-3-11-25-38)39-26-12-4-13-27-39/h1-35H. The molecule has 240 valence electrons. The van der Waals surface area contributed by atoms with Crippen molar-refractivity contribution in [2.75, 3.05) is 4.90 Å². The van der Waals surface area contributed by atoms with Gasteiger partial charge in [0.15, 0.2) is 0 Å². The van der Waals surface area contributed by atoms with E-state index in [1.807, 2.05) is 0 Å². The van der Waals surface area contributed by atoms with Gasteiger partial charge in [-0.15, -0.1) is 0 Å². The molecule has 1 heteroatoms. The highest BCUT2D eigenvalue weighted by Gasteiger charge is 2.51. The molecule has 0 fully saturated rings. The minimum Gasteiger partial charge on any atom is -0.310 e. The highest BCUT2D eigenvalue weighted by molar-refractivity contribution is 5.95. The van der Waals surface area contributed by atoms with Crippen LogP contribution in [0.5, 0.6) is 0 Å². The monoisotopic (exact) mass is 649 g/mol. The highest BCUT2D eigenvalue weighted by atomic mass is 15.2. The van der Waals surface area contributed by atoms with E-state index < -0.39 is 10.8 Å². The first kappa shape index (κ1) is 29.5. The molecule has 51 heavy (non-hydrogen) atoms. The summed E-state index contributed by atoms with van der Waals surface area (Å²) in [5.74, 6) is 0. The molecule has 1 nitrogen and oxygen atoms in total. The molecule has 0 amide bonds. The molecule has 1 aliphatic heterocycles. The van der Waals surface area contributed by atoms with Gasteiger partial charge >= 0.3 is 0 Å². The molecule has 2 aliphatic rings. The molecule has 0 aromatic heterocycles. The van der Waals surface area contributed by atoms with Crippen LogP contribution in [0.4, 0.5) is 17.1 Å². The van der Waals surface area contributed by atoms with Crippen LogP contribution in [0.2, 0.25) is 0 Å². The van der Waals surface area contributed by atoms with Gasteiger partial charge in [-0.25, -0.2) is 0 Å². The second-order valence-corrected chi connectivity index (χ2v) is 13.6. The summed E-state index contributed by atoms with van der Waals surface area (Å²) in [7, 11) is 0. The van der Waals surface area contributed by atoms with Crippen LogP contribution >= 0.6 is 0 Å². The molecule has 0 unspecified atom stereocenters. The molecule has 1 heterocycles. The normalized spacial score (nSPS) is 14.5. The zero-order valence-corrected chi connectivity index (χ0v) is 28.2. The molecule has 0 saturated heterocycles.